The van der Waals surface area contributed by atoms with Crippen LogP contribution in [0.3, 0.4) is 0 Å². The molecule has 104 valence electrons. The van der Waals surface area contributed by atoms with E-state index in [1.54, 1.807) is 6.07 Å². The van der Waals surface area contributed by atoms with Gasteiger partial charge in [-0.05, 0) is 24.3 Å². The number of methoxy groups -OCH3 is 2. The largest absolute Gasteiger partial charge is 0.504 e. The Morgan fingerprint density at radius 1 is 1.05 bits per heavy atom. The van der Waals surface area contributed by atoms with Gasteiger partial charge in [0, 0.05) is 0 Å². The van der Waals surface area contributed by atoms with E-state index < -0.39 is 11.6 Å². The van der Waals surface area contributed by atoms with E-state index in [4.69, 9.17) is 9.47 Å². The van der Waals surface area contributed by atoms with Crippen molar-refractivity contribution in [1.82, 2.24) is 0 Å². The van der Waals surface area contributed by atoms with Crippen LogP contribution in [0.4, 0.5) is 4.39 Å². The van der Waals surface area contributed by atoms with Gasteiger partial charge in [0.1, 0.15) is 5.82 Å². The first-order valence-electron chi connectivity index (χ1n) is 5.83. The smallest absolute Gasteiger partial charge is 0.203 e. The van der Waals surface area contributed by atoms with Crippen LogP contribution >= 0.6 is 0 Å². The third kappa shape index (κ3) is 2.30. The van der Waals surface area contributed by atoms with Crippen molar-refractivity contribution in [3.8, 4) is 17.2 Å². The zero-order chi connectivity index (χ0) is 14.7. The number of hydrogen-bond donors (Lipinski definition) is 1. The Labute approximate surface area is 115 Å². The number of halogens is 1. The van der Waals surface area contributed by atoms with E-state index >= 15 is 0 Å². The standard InChI is InChI=1S/C15H13FO4/c1-19-12-8-7-10(14(18)15(12)20-2)13(17)9-5-3-4-6-11(9)16/h3-8,18H,1-2H3. The monoisotopic (exact) mass is 276 g/mol. The van der Waals surface area contributed by atoms with Crippen LogP contribution in [0, 0.1) is 5.82 Å². The minimum Gasteiger partial charge on any atom is -0.504 e. The summed E-state index contributed by atoms with van der Waals surface area (Å²) in [5.41, 5.74) is -0.164. The van der Waals surface area contributed by atoms with Crippen LogP contribution in [0.25, 0.3) is 0 Å². The molecule has 0 heterocycles. The molecule has 20 heavy (non-hydrogen) atoms. The highest BCUT2D eigenvalue weighted by Crippen LogP contribution is 2.39. The number of hydrogen-bond acceptors (Lipinski definition) is 4. The van der Waals surface area contributed by atoms with Gasteiger partial charge in [0.05, 0.1) is 25.3 Å². The lowest BCUT2D eigenvalue weighted by Gasteiger charge is -2.12. The van der Waals surface area contributed by atoms with Crippen molar-refractivity contribution in [1.29, 1.82) is 0 Å². The molecular weight excluding hydrogens is 263 g/mol. The molecule has 2 rings (SSSR count). The lowest BCUT2D eigenvalue weighted by molar-refractivity contribution is 0.103. The normalized spacial score (nSPS) is 10.2. The molecule has 4 nitrogen and oxygen atoms in total. The Morgan fingerprint density at radius 3 is 2.35 bits per heavy atom. The van der Waals surface area contributed by atoms with Crippen LogP contribution in [0.5, 0.6) is 17.2 Å². The molecule has 0 bridgehead atoms. The van der Waals surface area contributed by atoms with E-state index in [0.717, 1.165) is 0 Å². The molecule has 0 atom stereocenters. The number of ketones is 1. The first kappa shape index (κ1) is 13.9. The topological polar surface area (TPSA) is 55.8 Å². The van der Waals surface area contributed by atoms with Crippen LogP contribution < -0.4 is 9.47 Å². The second-order valence-electron chi connectivity index (χ2n) is 4.01. The van der Waals surface area contributed by atoms with Crippen molar-refractivity contribution in [3.63, 3.8) is 0 Å². The third-order valence-electron chi connectivity index (χ3n) is 2.88. The van der Waals surface area contributed by atoms with Crippen molar-refractivity contribution < 1.29 is 23.8 Å². The fourth-order valence-electron chi connectivity index (χ4n) is 1.88. The molecule has 1 N–H and O–H groups in total. The van der Waals surface area contributed by atoms with Gasteiger partial charge in [0.2, 0.25) is 5.75 Å². The fraction of sp³-hybridized carbons (Fsp3) is 0.133. The average Bonchev–Trinajstić information content (AvgIpc) is 2.46. The second kappa shape index (κ2) is 5.61. The van der Waals surface area contributed by atoms with Crippen LogP contribution in [0.15, 0.2) is 36.4 Å². The first-order valence-corrected chi connectivity index (χ1v) is 5.83. The van der Waals surface area contributed by atoms with Crippen LogP contribution in [-0.4, -0.2) is 25.1 Å². The minimum absolute atomic E-state index is 0.0367. The molecule has 0 amide bonds. The fourth-order valence-corrected chi connectivity index (χ4v) is 1.88. The van der Waals surface area contributed by atoms with E-state index in [0.29, 0.717) is 0 Å². The van der Waals surface area contributed by atoms with E-state index in [9.17, 15) is 14.3 Å². The number of aromatic hydroxyl groups is 1. The summed E-state index contributed by atoms with van der Waals surface area (Å²) in [4.78, 5) is 12.3. The predicted molar refractivity (Wildman–Crippen MR) is 71.0 cm³/mol. The number of ether oxygens (including phenoxy) is 2. The van der Waals surface area contributed by atoms with Gasteiger partial charge < -0.3 is 14.6 Å². The van der Waals surface area contributed by atoms with E-state index in [1.165, 1.54) is 44.6 Å². The van der Waals surface area contributed by atoms with Gasteiger partial charge in [0.25, 0.3) is 0 Å². The molecule has 0 aliphatic heterocycles. The summed E-state index contributed by atoms with van der Waals surface area (Å²) in [6.07, 6.45) is 0. The zero-order valence-electron chi connectivity index (χ0n) is 11.0. The van der Waals surface area contributed by atoms with Gasteiger partial charge in [-0.15, -0.1) is 0 Å². The summed E-state index contributed by atoms with van der Waals surface area (Å²) >= 11 is 0. The van der Waals surface area contributed by atoms with E-state index in [-0.39, 0.29) is 28.4 Å². The Morgan fingerprint density at radius 2 is 1.75 bits per heavy atom. The van der Waals surface area contributed by atoms with Gasteiger partial charge in [-0.25, -0.2) is 4.39 Å². The number of carbonyl (C=O) groups excluding carboxylic acids is 1. The van der Waals surface area contributed by atoms with Crippen molar-refractivity contribution in [3.05, 3.63) is 53.3 Å². The van der Waals surface area contributed by atoms with Crippen molar-refractivity contribution in [2.45, 2.75) is 0 Å². The minimum atomic E-state index is -0.647. The van der Waals surface area contributed by atoms with Crippen LogP contribution in [0.2, 0.25) is 0 Å². The summed E-state index contributed by atoms with van der Waals surface area (Å²) in [5, 5.41) is 10.1. The molecule has 2 aromatic carbocycles. The average molecular weight is 276 g/mol. The van der Waals surface area contributed by atoms with Gasteiger partial charge >= 0.3 is 0 Å². The lowest BCUT2D eigenvalue weighted by Crippen LogP contribution is -2.05. The summed E-state index contributed by atoms with van der Waals surface area (Å²) in [5.74, 6) is -1.32. The first-order chi connectivity index (χ1) is 9.60. The number of phenolic OH excluding ortho intramolecular Hbond substituents is 1. The van der Waals surface area contributed by atoms with Crippen LogP contribution in [-0.2, 0) is 0 Å². The molecule has 0 aliphatic carbocycles. The summed E-state index contributed by atoms with van der Waals surface area (Å²) in [7, 11) is 2.75. The molecule has 0 unspecified atom stereocenters. The Bertz CT molecular complexity index is 652. The highest BCUT2D eigenvalue weighted by Gasteiger charge is 2.21. The Hall–Kier alpha value is -2.56. The molecule has 5 heteroatoms. The van der Waals surface area contributed by atoms with Gasteiger partial charge in [-0.1, -0.05) is 12.1 Å². The molecule has 0 radical (unpaired) electrons. The Balaban J connectivity index is 2.54. The highest BCUT2D eigenvalue weighted by molar-refractivity contribution is 6.11. The van der Waals surface area contributed by atoms with Gasteiger partial charge in [-0.2, -0.15) is 0 Å². The van der Waals surface area contributed by atoms with Crippen molar-refractivity contribution in [2.75, 3.05) is 14.2 Å². The van der Waals surface area contributed by atoms with Gasteiger partial charge in [0.15, 0.2) is 17.3 Å². The predicted octanol–water partition coefficient (Wildman–Crippen LogP) is 2.78. The van der Waals surface area contributed by atoms with Gasteiger partial charge in [-0.3, -0.25) is 4.79 Å². The maximum absolute atomic E-state index is 13.6. The molecule has 0 aliphatic rings. The zero-order valence-corrected chi connectivity index (χ0v) is 11.0. The summed E-state index contributed by atoms with van der Waals surface area (Å²) in [6.45, 7) is 0. The number of rotatable bonds is 4. The number of phenols is 1. The highest BCUT2D eigenvalue weighted by atomic mass is 19.1. The third-order valence-corrected chi connectivity index (χ3v) is 2.88. The van der Waals surface area contributed by atoms with Crippen molar-refractivity contribution in [2.24, 2.45) is 0 Å². The quantitative estimate of drug-likeness (QED) is 0.872. The van der Waals surface area contributed by atoms with E-state index in [2.05, 4.69) is 0 Å². The molecular formula is C15H13FO4. The molecule has 0 saturated carbocycles. The SMILES string of the molecule is COc1ccc(C(=O)c2ccccc2F)c(O)c1OC. The lowest BCUT2D eigenvalue weighted by atomic mass is 10.0. The van der Waals surface area contributed by atoms with Crippen LogP contribution in [0.1, 0.15) is 15.9 Å². The molecule has 0 aromatic heterocycles. The molecule has 0 saturated heterocycles. The van der Waals surface area contributed by atoms with Crippen molar-refractivity contribution >= 4 is 5.78 Å². The molecule has 0 spiro atoms. The molecule has 0 fully saturated rings. The summed E-state index contributed by atoms with van der Waals surface area (Å²) < 4.78 is 23.6. The molecule has 2 aromatic rings. The maximum atomic E-state index is 13.6. The second-order valence-corrected chi connectivity index (χ2v) is 4.01. The maximum Gasteiger partial charge on any atom is 0.203 e. The summed E-state index contributed by atoms with van der Waals surface area (Å²) in [6, 6.07) is 8.42. The van der Waals surface area contributed by atoms with E-state index in [1.807, 2.05) is 0 Å². The number of carbonyl (C=O) groups is 1. The number of benzene rings is 2. The Kier molecular flexibility index (Phi) is 3.89.